The number of aromatic hydroxyl groups is 1. The first-order valence-electron chi connectivity index (χ1n) is 6.02. The van der Waals surface area contributed by atoms with Crippen LogP contribution in [-0.2, 0) is 6.54 Å². The third-order valence-electron chi connectivity index (χ3n) is 2.61. The number of rotatable bonds is 7. The molecule has 0 unspecified atom stereocenters. The summed E-state index contributed by atoms with van der Waals surface area (Å²) in [6, 6.07) is 3.89. The average molecular weight is 365 g/mol. The lowest BCUT2D eigenvalue weighted by atomic mass is 10.2. The molecule has 0 amide bonds. The van der Waals surface area contributed by atoms with Gasteiger partial charge in [0.25, 0.3) is 0 Å². The second kappa shape index (κ2) is 8.11. The van der Waals surface area contributed by atoms with Gasteiger partial charge in [-0.05, 0) is 62.5 Å². The van der Waals surface area contributed by atoms with Crippen molar-refractivity contribution in [2.45, 2.75) is 39.2 Å². The van der Waals surface area contributed by atoms with Gasteiger partial charge in [0.2, 0.25) is 0 Å². The zero-order valence-corrected chi connectivity index (χ0v) is 13.3. The Morgan fingerprint density at radius 3 is 2.35 bits per heavy atom. The highest BCUT2D eigenvalue weighted by Gasteiger charge is 2.05. The van der Waals surface area contributed by atoms with E-state index in [1.807, 2.05) is 12.1 Å². The van der Waals surface area contributed by atoms with Crippen LogP contribution in [0.4, 0.5) is 0 Å². The number of hydrogen-bond donors (Lipinski definition) is 2. The summed E-state index contributed by atoms with van der Waals surface area (Å²) in [7, 11) is 0. The highest BCUT2D eigenvalue weighted by molar-refractivity contribution is 9.11. The standard InChI is InChI=1S/C13H19Br2NO/c1-2-3-4-5-6-16-9-10-7-11(14)13(17)12(15)8-10/h7-8,16-17H,2-6,9H2,1H3. The lowest BCUT2D eigenvalue weighted by Gasteiger charge is -2.07. The summed E-state index contributed by atoms with van der Waals surface area (Å²) < 4.78 is 1.46. The van der Waals surface area contributed by atoms with Crippen molar-refractivity contribution in [2.75, 3.05) is 6.54 Å². The molecule has 0 fully saturated rings. The maximum atomic E-state index is 9.59. The molecule has 0 bridgehead atoms. The Labute approximate surface area is 120 Å². The molecule has 0 aliphatic carbocycles. The van der Waals surface area contributed by atoms with Crippen LogP contribution < -0.4 is 5.32 Å². The minimum Gasteiger partial charge on any atom is -0.506 e. The number of halogens is 2. The Bertz CT molecular complexity index is 332. The summed E-state index contributed by atoms with van der Waals surface area (Å²) >= 11 is 6.66. The largest absolute Gasteiger partial charge is 0.506 e. The van der Waals surface area contributed by atoms with Crippen LogP contribution in [0.5, 0.6) is 5.75 Å². The molecule has 1 rings (SSSR count). The quantitative estimate of drug-likeness (QED) is 0.693. The van der Waals surface area contributed by atoms with E-state index in [1.165, 1.54) is 25.7 Å². The van der Waals surface area contributed by atoms with Gasteiger partial charge in [-0.2, -0.15) is 0 Å². The molecule has 0 saturated heterocycles. The number of nitrogens with one attached hydrogen (secondary N) is 1. The Morgan fingerprint density at radius 1 is 1.12 bits per heavy atom. The predicted octanol–water partition coefficient (Wildman–Crippen LogP) is 4.59. The summed E-state index contributed by atoms with van der Waals surface area (Å²) in [5.41, 5.74) is 1.16. The van der Waals surface area contributed by atoms with Crippen LogP contribution in [0, 0.1) is 0 Å². The van der Waals surface area contributed by atoms with Crippen LogP contribution in [0.15, 0.2) is 21.1 Å². The summed E-state index contributed by atoms with van der Waals surface area (Å²) in [4.78, 5) is 0. The monoisotopic (exact) mass is 363 g/mol. The summed E-state index contributed by atoms with van der Waals surface area (Å²) in [6.07, 6.45) is 5.12. The predicted molar refractivity (Wildman–Crippen MR) is 79.4 cm³/mol. The van der Waals surface area contributed by atoms with Gasteiger partial charge in [-0.15, -0.1) is 0 Å². The molecule has 1 aromatic rings. The van der Waals surface area contributed by atoms with Gasteiger partial charge in [0.05, 0.1) is 8.95 Å². The Kier molecular flexibility index (Phi) is 7.16. The third-order valence-corrected chi connectivity index (χ3v) is 3.82. The summed E-state index contributed by atoms with van der Waals surface area (Å²) in [5.74, 6) is 0.261. The zero-order chi connectivity index (χ0) is 12.7. The molecule has 2 N–H and O–H groups in total. The van der Waals surface area contributed by atoms with Gasteiger partial charge in [0.15, 0.2) is 0 Å². The average Bonchev–Trinajstić information content (AvgIpc) is 2.30. The van der Waals surface area contributed by atoms with Crippen LogP contribution in [0.3, 0.4) is 0 Å². The molecule has 0 aromatic heterocycles. The minimum absolute atomic E-state index is 0.261. The molecule has 0 saturated carbocycles. The van der Waals surface area contributed by atoms with Gasteiger partial charge in [0, 0.05) is 6.54 Å². The molecular weight excluding hydrogens is 346 g/mol. The number of phenolic OH excluding ortho intramolecular Hbond substituents is 1. The molecule has 0 heterocycles. The van der Waals surface area contributed by atoms with E-state index in [0.29, 0.717) is 0 Å². The fraction of sp³-hybridized carbons (Fsp3) is 0.538. The van der Waals surface area contributed by atoms with Crippen molar-refractivity contribution >= 4 is 31.9 Å². The topological polar surface area (TPSA) is 32.3 Å². The van der Waals surface area contributed by atoms with Crippen LogP contribution >= 0.6 is 31.9 Å². The van der Waals surface area contributed by atoms with E-state index in [1.54, 1.807) is 0 Å². The smallest absolute Gasteiger partial charge is 0.143 e. The first kappa shape index (κ1) is 15.0. The van der Waals surface area contributed by atoms with E-state index < -0.39 is 0 Å². The first-order valence-corrected chi connectivity index (χ1v) is 7.61. The lowest BCUT2D eigenvalue weighted by Crippen LogP contribution is -2.14. The van der Waals surface area contributed by atoms with Gasteiger partial charge in [-0.25, -0.2) is 0 Å². The number of phenols is 1. The highest BCUT2D eigenvalue weighted by atomic mass is 79.9. The van der Waals surface area contributed by atoms with E-state index in [0.717, 1.165) is 27.6 Å². The van der Waals surface area contributed by atoms with Crippen molar-refractivity contribution < 1.29 is 5.11 Å². The Morgan fingerprint density at radius 2 is 1.76 bits per heavy atom. The van der Waals surface area contributed by atoms with Crippen LogP contribution in [0.2, 0.25) is 0 Å². The number of hydrogen-bond acceptors (Lipinski definition) is 2. The zero-order valence-electron chi connectivity index (χ0n) is 10.1. The summed E-state index contributed by atoms with van der Waals surface area (Å²) in [6.45, 7) is 4.11. The molecule has 17 heavy (non-hydrogen) atoms. The van der Waals surface area contributed by atoms with Crippen molar-refractivity contribution in [1.82, 2.24) is 5.32 Å². The molecule has 0 aliphatic rings. The van der Waals surface area contributed by atoms with E-state index in [2.05, 4.69) is 44.1 Å². The molecule has 0 aliphatic heterocycles. The first-order chi connectivity index (χ1) is 8.15. The van der Waals surface area contributed by atoms with Crippen molar-refractivity contribution in [2.24, 2.45) is 0 Å². The van der Waals surface area contributed by atoms with E-state index in [-0.39, 0.29) is 5.75 Å². The van der Waals surface area contributed by atoms with Crippen molar-refractivity contribution in [3.05, 3.63) is 26.6 Å². The minimum atomic E-state index is 0.261. The highest BCUT2D eigenvalue weighted by Crippen LogP contribution is 2.33. The maximum Gasteiger partial charge on any atom is 0.143 e. The van der Waals surface area contributed by atoms with Gasteiger partial charge in [0.1, 0.15) is 5.75 Å². The summed E-state index contributed by atoms with van der Waals surface area (Å²) in [5, 5.41) is 13.0. The number of unbranched alkanes of at least 4 members (excludes halogenated alkanes) is 3. The van der Waals surface area contributed by atoms with Gasteiger partial charge < -0.3 is 10.4 Å². The SMILES string of the molecule is CCCCCCNCc1cc(Br)c(O)c(Br)c1. The van der Waals surface area contributed by atoms with Gasteiger partial charge in [-0.1, -0.05) is 26.2 Å². The number of benzene rings is 1. The van der Waals surface area contributed by atoms with E-state index >= 15 is 0 Å². The van der Waals surface area contributed by atoms with Crippen LogP contribution in [-0.4, -0.2) is 11.7 Å². The molecule has 0 atom stereocenters. The van der Waals surface area contributed by atoms with E-state index in [4.69, 9.17) is 0 Å². The van der Waals surface area contributed by atoms with Crippen molar-refractivity contribution in [3.8, 4) is 5.75 Å². The van der Waals surface area contributed by atoms with Crippen molar-refractivity contribution in [1.29, 1.82) is 0 Å². The van der Waals surface area contributed by atoms with Crippen LogP contribution in [0.25, 0.3) is 0 Å². The molecular formula is C13H19Br2NO. The second-order valence-corrected chi connectivity index (χ2v) is 5.85. The third kappa shape index (κ3) is 5.40. The Hall–Kier alpha value is -0.0600. The van der Waals surface area contributed by atoms with Gasteiger partial charge in [-0.3, -0.25) is 0 Å². The fourth-order valence-electron chi connectivity index (χ4n) is 1.63. The molecule has 1 aromatic carbocycles. The second-order valence-electron chi connectivity index (χ2n) is 4.15. The molecule has 0 spiro atoms. The normalized spacial score (nSPS) is 10.8. The molecule has 0 radical (unpaired) electrons. The van der Waals surface area contributed by atoms with Crippen molar-refractivity contribution in [3.63, 3.8) is 0 Å². The molecule has 2 nitrogen and oxygen atoms in total. The molecule has 96 valence electrons. The van der Waals surface area contributed by atoms with E-state index in [9.17, 15) is 5.11 Å². The maximum absolute atomic E-state index is 9.59. The fourth-order valence-corrected chi connectivity index (χ4v) is 2.91. The van der Waals surface area contributed by atoms with Crippen LogP contribution in [0.1, 0.15) is 38.2 Å². The molecule has 4 heteroatoms. The Balaban J connectivity index is 2.32. The van der Waals surface area contributed by atoms with Gasteiger partial charge >= 0.3 is 0 Å². The lowest BCUT2D eigenvalue weighted by molar-refractivity contribution is 0.468.